The van der Waals surface area contributed by atoms with E-state index in [0.717, 1.165) is 166 Å². The molecule has 19 aromatic carbocycles. The molecular formula is C116H82. The van der Waals surface area contributed by atoms with Crippen LogP contribution in [0.2, 0.25) is 0 Å². The summed E-state index contributed by atoms with van der Waals surface area (Å²) in [6.07, 6.45) is 0. The van der Waals surface area contributed by atoms with Crippen molar-refractivity contribution in [1.29, 1.82) is 0 Å². The van der Waals surface area contributed by atoms with Gasteiger partial charge in [0.25, 0.3) is 0 Å². The maximum atomic E-state index is 2.61. The summed E-state index contributed by atoms with van der Waals surface area (Å²) in [5.41, 5.74) is 42.0. The van der Waals surface area contributed by atoms with Gasteiger partial charge in [-0.25, -0.2) is 0 Å². The number of benzene rings is 19. The number of hydrogen-bond donors (Lipinski definition) is 0. The second-order valence-corrected chi connectivity index (χ2v) is 32.3. The monoisotopic (exact) mass is 1470 g/mol. The van der Waals surface area contributed by atoms with Crippen LogP contribution in [0.3, 0.4) is 0 Å². The molecule has 0 nitrogen and oxygen atoms in total. The van der Waals surface area contributed by atoms with E-state index in [-0.39, 0.29) is 10.8 Å². The van der Waals surface area contributed by atoms with Crippen LogP contribution in [0.15, 0.2) is 425 Å². The molecule has 0 saturated carbocycles. The summed E-state index contributed by atoms with van der Waals surface area (Å²) in [7, 11) is 0. The van der Waals surface area contributed by atoms with E-state index < -0.39 is 0 Å². The zero-order chi connectivity index (χ0) is 77.6. The van der Waals surface area contributed by atoms with Crippen LogP contribution in [0.25, 0.3) is 200 Å². The minimum atomic E-state index is -0.249. The molecule has 0 N–H and O–H groups in total. The van der Waals surface area contributed by atoms with E-state index in [1.807, 2.05) is 0 Å². The molecule has 0 heterocycles. The topological polar surface area (TPSA) is 0 Å². The molecule has 0 spiro atoms. The third kappa shape index (κ3) is 11.4. The lowest BCUT2D eigenvalue weighted by Gasteiger charge is -2.32. The van der Waals surface area contributed by atoms with Crippen molar-refractivity contribution in [3.63, 3.8) is 0 Å². The van der Waals surface area contributed by atoms with Crippen LogP contribution < -0.4 is 0 Å². The average Bonchev–Trinajstić information content (AvgIpc) is 1.02. The van der Waals surface area contributed by atoms with E-state index >= 15 is 0 Å². The molecule has 116 heavy (non-hydrogen) atoms. The van der Waals surface area contributed by atoms with Gasteiger partial charge in [0, 0.05) is 10.8 Å². The fourth-order valence-corrected chi connectivity index (χ4v) is 19.8. The molecular weight excluding hydrogens is 1390 g/mol. The zero-order valence-electron chi connectivity index (χ0n) is 65.4. The zero-order valence-corrected chi connectivity index (χ0v) is 65.4. The van der Waals surface area contributed by atoms with E-state index in [1.54, 1.807) is 0 Å². The number of fused-ring (bicyclic) bond motifs is 8. The normalized spacial score (nSPS) is 12.8. The maximum absolute atomic E-state index is 2.61. The predicted octanol–water partition coefficient (Wildman–Crippen LogP) is 31.9. The Hall–Kier alpha value is -14.3. The first kappa shape index (κ1) is 69.6. The highest BCUT2D eigenvalue weighted by Crippen LogP contribution is 2.63. The molecule has 0 unspecified atom stereocenters. The third-order valence-corrected chi connectivity index (χ3v) is 25.1. The molecule has 2 aliphatic rings. The molecule has 0 radical (unpaired) electrons. The molecule has 0 atom stereocenters. The van der Waals surface area contributed by atoms with Crippen LogP contribution in [0.5, 0.6) is 0 Å². The molecule has 546 valence electrons. The van der Waals surface area contributed by atoms with Crippen LogP contribution in [0.4, 0.5) is 0 Å². The molecule has 19 aromatic rings. The lowest BCUT2D eigenvalue weighted by Crippen LogP contribution is -2.14. The second kappa shape index (κ2) is 28.4. The predicted molar refractivity (Wildman–Crippen MR) is 493 cm³/mol. The van der Waals surface area contributed by atoms with Crippen LogP contribution in [0, 0.1) is 0 Å². The number of rotatable bonds is 14. The summed E-state index contributed by atoms with van der Waals surface area (Å²) in [6.45, 7) is 9.63. The highest BCUT2D eigenvalue weighted by molar-refractivity contribution is 6.31. The second-order valence-electron chi connectivity index (χ2n) is 32.3. The Morgan fingerprint density at radius 3 is 0.534 bits per heavy atom. The first-order valence-electron chi connectivity index (χ1n) is 40.7. The van der Waals surface area contributed by atoms with Crippen LogP contribution in [-0.2, 0) is 10.8 Å². The van der Waals surface area contributed by atoms with Gasteiger partial charge in [0.15, 0.2) is 0 Å². The fraction of sp³-hybridized carbons (Fsp3) is 0.0517. The van der Waals surface area contributed by atoms with Gasteiger partial charge in [0.2, 0.25) is 0 Å². The summed E-state index contributed by atoms with van der Waals surface area (Å²) in [5, 5.41) is 4.51. The van der Waals surface area contributed by atoms with Crippen molar-refractivity contribution >= 4 is 21.5 Å². The van der Waals surface area contributed by atoms with Crippen molar-refractivity contribution in [2.24, 2.45) is 0 Å². The van der Waals surface area contributed by atoms with Crippen LogP contribution in [-0.4, -0.2) is 0 Å². The van der Waals surface area contributed by atoms with Crippen molar-refractivity contribution < 1.29 is 0 Å². The minimum Gasteiger partial charge on any atom is -0.0622 e. The van der Waals surface area contributed by atoms with Gasteiger partial charge in [-0.05, 0) is 246 Å². The van der Waals surface area contributed by atoms with Gasteiger partial charge in [0.1, 0.15) is 0 Å². The van der Waals surface area contributed by atoms with Crippen molar-refractivity contribution in [3.05, 3.63) is 447 Å². The fourth-order valence-electron chi connectivity index (χ4n) is 19.8. The molecule has 0 bridgehead atoms. The first-order valence-corrected chi connectivity index (χ1v) is 40.7. The van der Waals surface area contributed by atoms with Gasteiger partial charge in [-0.15, -0.1) is 0 Å². The lowest BCUT2D eigenvalue weighted by molar-refractivity contribution is 0.660. The van der Waals surface area contributed by atoms with Gasteiger partial charge in [-0.2, -0.15) is 0 Å². The third-order valence-electron chi connectivity index (χ3n) is 25.1. The Labute approximate surface area is 680 Å². The molecule has 0 fully saturated rings. The molecule has 0 saturated heterocycles. The quantitative estimate of drug-likeness (QED) is 0.0952. The smallest absolute Gasteiger partial charge is 0.0159 e. The van der Waals surface area contributed by atoms with Gasteiger partial charge in [0.05, 0.1) is 0 Å². The largest absolute Gasteiger partial charge is 0.0622 e. The molecule has 0 amide bonds. The SMILES string of the molecule is CC1(C)c2ccccc2-c2ccc(-c3ccc4c(-c5c(-c6ccccc6)c(-c6ccccc6)c(-c6ccccc6)c(-c6ccccc6)c5-c5ccccc5)c5cc(-c6ccc7c(c6)C(C)(C)c6ccccc6-7)ccc5c(-c5c(-c6ccccc6)c(-c6ccccc6)c(-c6ccccc6)c(-c6ccccc6)c5-c5ccccc5)c4c3)cc21. The maximum Gasteiger partial charge on any atom is 0.0159 e. The van der Waals surface area contributed by atoms with E-state index in [2.05, 4.69) is 452 Å². The average molecular weight is 1480 g/mol. The summed E-state index contributed by atoms with van der Waals surface area (Å²) >= 11 is 0. The summed E-state index contributed by atoms with van der Waals surface area (Å²) in [6, 6.07) is 161. The molecule has 21 rings (SSSR count). The van der Waals surface area contributed by atoms with E-state index in [0.29, 0.717) is 0 Å². The first-order chi connectivity index (χ1) is 57.2. The molecule has 0 heteroatoms. The van der Waals surface area contributed by atoms with Gasteiger partial charge >= 0.3 is 0 Å². The van der Waals surface area contributed by atoms with Crippen molar-refractivity contribution in [2.45, 2.75) is 38.5 Å². The standard InChI is InChI=1S/C116H82/c1-115(2)97-61-37-35-59-89(97)91-67-63-87(73-99(91)115)85-65-69-93-95(71-85)111(113-107(81-51-27-11-28-52-81)103(77-43-19-7-20-44-77)101(75-39-15-5-16-40-75)104(78-45-21-8-22-46-78)108(113)82-53-29-12-30-54-82)94-70-66-86(88-64-68-92-90-60-36-38-62-98(90)116(3,4)100(92)74-88)72-96(94)112(93)114-109(83-55-31-13-32-56-83)105(79-47-23-9-24-48-79)102(76-41-17-6-18-42-76)106(80-49-25-10-26-50-80)110(114)84-57-33-14-34-58-84/h5-74H,1-4H3. The Balaban J connectivity index is 1.04. The Bertz CT molecular complexity index is 6370. The van der Waals surface area contributed by atoms with Gasteiger partial charge in [-0.3, -0.25) is 0 Å². The summed E-state index contributed by atoms with van der Waals surface area (Å²) in [5.74, 6) is 0. The Morgan fingerprint density at radius 2 is 0.302 bits per heavy atom. The molecule has 2 aliphatic carbocycles. The van der Waals surface area contributed by atoms with E-state index in [4.69, 9.17) is 0 Å². The van der Waals surface area contributed by atoms with Gasteiger partial charge < -0.3 is 0 Å². The van der Waals surface area contributed by atoms with Crippen molar-refractivity contribution in [2.75, 3.05) is 0 Å². The number of hydrogen-bond acceptors (Lipinski definition) is 0. The highest BCUT2D eigenvalue weighted by atomic mass is 14.4. The summed E-state index contributed by atoms with van der Waals surface area (Å²) in [4.78, 5) is 0. The highest BCUT2D eigenvalue weighted by Gasteiger charge is 2.39. The molecule has 0 aliphatic heterocycles. The van der Waals surface area contributed by atoms with Crippen molar-refractivity contribution in [1.82, 2.24) is 0 Å². The Kier molecular flexibility index (Phi) is 17.1. The molecule has 0 aromatic heterocycles. The van der Waals surface area contributed by atoms with Gasteiger partial charge in [-0.1, -0.05) is 428 Å². The van der Waals surface area contributed by atoms with E-state index in [9.17, 15) is 0 Å². The van der Waals surface area contributed by atoms with Crippen molar-refractivity contribution in [3.8, 4) is 178 Å². The minimum absolute atomic E-state index is 0.249. The van der Waals surface area contributed by atoms with Crippen LogP contribution >= 0.6 is 0 Å². The lowest BCUT2D eigenvalue weighted by atomic mass is 9.70. The van der Waals surface area contributed by atoms with Crippen LogP contribution in [0.1, 0.15) is 49.9 Å². The Morgan fingerprint density at radius 1 is 0.121 bits per heavy atom. The van der Waals surface area contributed by atoms with E-state index in [1.165, 1.54) is 55.6 Å². The summed E-state index contributed by atoms with van der Waals surface area (Å²) < 4.78 is 0.